The Labute approximate surface area is 462 Å². The van der Waals surface area contributed by atoms with E-state index in [1.54, 1.807) is 0 Å². The number of thiophene rings is 1. The fraction of sp³-hybridized carbons (Fsp3) is 0.0400. The number of nitrogens with zero attached hydrogens (tertiary/aromatic N) is 3. The second kappa shape index (κ2) is 17.7. The molecule has 15 aromatic rings. The highest BCUT2D eigenvalue weighted by Gasteiger charge is 2.38. The normalized spacial score (nSPS) is 12.8. The summed E-state index contributed by atoms with van der Waals surface area (Å²) in [6.45, 7) is 4.75. The molecular weight excluding hydrogens is 975 g/mol. The van der Waals surface area contributed by atoms with Crippen molar-refractivity contribution < 1.29 is 0 Å². The molecule has 79 heavy (non-hydrogen) atoms. The molecule has 372 valence electrons. The third kappa shape index (κ3) is 7.04. The monoisotopic (exact) mass is 1030 g/mol. The lowest BCUT2D eigenvalue weighted by molar-refractivity contribution is 0.660. The Balaban J connectivity index is 0.870. The van der Waals surface area contributed by atoms with Gasteiger partial charge in [0.2, 0.25) is 0 Å². The predicted octanol–water partition coefficient (Wildman–Crippen LogP) is 21.0. The molecule has 3 nitrogen and oxygen atoms in total. The first-order valence-corrected chi connectivity index (χ1v) is 28.1. The van der Waals surface area contributed by atoms with E-state index in [1.807, 2.05) is 11.3 Å². The van der Waals surface area contributed by atoms with Crippen LogP contribution in [0, 0.1) is 0 Å². The van der Waals surface area contributed by atoms with Gasteiger partial charge >= 0.3 is 0 Å². The van der Waals surface area contributed by atoms with Gasteiger partial charge in [0.25, 0.3) is 0 Å². The average Bonchev–Trinajstić information content (AvgIpc) is 4.43. The van der Waals surface area contributed by atoms with Gasteiger partial charge in [0.1, 0.15) is 0 Å². The van der Waals surface area contributed by atoms with Crippen LogP contribution in [-0.2, 0) is 5.41 Å². The Bertz CT molecular complexity index is 4910. The Morgan fingerprint density at radius 3 is 1.44 bits per heavy atom. The summed E-state index contributed by atoms with van der Waals surface area (Å²) in [5, 5.41) is 7.46. The van der Waals surface area contributed by atoms with E-state index in [4.69, 9.17) is 0 Å². The third-order valence-corrected chi connectivity index (χ3v) is 18.0. The van der Waals surface area contributed by atoms with Gasteiger partial charge in [0.05, 0.1) is 33.4 Å². The van der Waals surface area contributed by atoms with Gasteiger partial charge in [-0.25, -0.2) is 0 Å². The number of anilines is 3. The van der Waals surface area contributed by atoms with Crippen LogP contribution in [0.2, 0.25) is 0 Å². The van der Waals surface area contributed by atoms with Crippen molar-refractivity contribution in [2.75, 3.05) is 4.90 Å². The Morgan fingerprint density at radius 1 is 0.329 bits per heavy atom. The lowest BCUT2D eigenvalue weighted by Gasteiger charge is -2.29. The topological polar surface area (TPSA) is 13.1 Å². The summed E-state index contributed by atoms with van der Waals surface area (Å²) in [5.41, 5.74) is 22.9. The second-order valence-corrected chi connectivity index (χ2v) is 22.7. The SMILES string of the molecule is CC1(C)c2ccccc2-c2c(N(c3ccc(-c4ccccc4)cc3)c3cccc4sc5ccc(-c6ccc7c(c6)c6cc(-c8ccc9c(c8)c8ccccc8n9-c8ccccc8)ccc6n7-c6ccccc6)cc5c34)cccc21. The van der Waals surface area contributed by atoms with Gasteiger partial charge in [0, 0.05) is 69.8 Å². The van der Waals surface area contributed by atoms with E-state index in [0.717, 1.165) is 17.1 Å². The zero-order valence-electron chi connectivity index (χ0n) is 43.7. The number of benzene rings is 12. The second-order valence-electron chi connectivity index (χ2n) is 21.6. The third-order valence-electron chi connectivity index (χ3n) is 16.9. The maximum atomic E-state index is 2.54. The highest BCUT2D eigenvalue weighted by molar-refractivity contribution is 7.26. The van der Waals surface area contributed by atoms with Crippen molar-refractivity contribution in [2.24, 2.45) is 0 Å². The molecular formula is C75H51N3S. The van der Waals surface area contributed by atoms with Crippen LogP contribution in [0.25, 0.3) is 120 Å². The van der Waals surface area contributed by atoms with Crippen molar-refractivity contribution >= 4 is 92.2 Å². The number of rotatable bonds is 8. The van der Waals surface area contributed by atoms with E-state index in [1.165, 1.54) is 131 Å². The van der Waals surface area contributed by atoms with E-state index in [-0.39, 0.29) is 5.41 Å². The molecule has 1 aliphatic rings. The lowest BCUT2D eigenvalue weighted by atomic mass is 9.82. The van der Waals surface area contributed by atoms with Crippen LogP contribution in [0.5, 0.6) is 0 Å². The first-order valence-electron chi connectivity index (χ1n) is 27.3. The summed E-state index contributed by atoms with van der Waals surface area (Å²) >= 11 is 1.88. The highest BCUT2D eigenvalue weighted by Crippen LogP contribution is 2.56. The summed E-state index contributed by atoms with van der Waals surface area (Å²) in [4.78, 5) is 2.54. The molecule has 0 radical (unpaired) electrons. The van der Waals surface area contributed by atoms with E-state index in [0.29, 0.717) is 0 Å². The van der Waals surface area contributed by atoms with Gasteiger partial charge in [0.15, 0.2) is 0 Å². The van der Waals surface area contributed by atoms with Crippen molar-refractivity contribution in [3.8, 4) is 55.9 Å². The molecule has 0 saturated carbocycles. The predicted molar refractivity (Wildman–Crippen MR) is 337 cm³/mol. The van der Waals surface area contributed by atoms with Crippen molar-refractivity contribution in [1.29, 1.82) is 0 Å². The molecule has 0 N–H and O–H groups in total. The number of hydrogen-bond acceptors (Lipinski definition) is 2. The maximum Gasteiger partial charge on any atom is 0.0555 e. The summed E-state index contributed by atoms with van der Waals surface area (Å²) in [5.74, 6) is 0. The molecule has 16 rings (SSSR count). The number of hydrogen-bond donors (Lipinski definition) is 0. The van der Waals surface area contributed by atoms with Crippen LogP contribution in [-0.4, -0.2) is 9.13 Å². The van der Waals surface area contributed by atoms with Crippen LogP contribution >= 0.6 is 11.3 Å². The molecule has 3 heterocycles. The van der Waals surface area contributed by atoms with Crippen LogP contribution in [0.15, 0.2) is 273 Å². The molecule has 0 atom stereocenters. The molecule has 4 heteroatoms. The molecule has 0 amide bonds. The minimum absolute atomic E-state index is 0.142. The van der Waals surface area contributed by atoms with Gasteiger partial charge in [-0.3, -0.25) is 0 Å². The highest BCUT2D eigenvalue weighted by atomic mass is 32.1. The standard InChI is InChI=1S/C75H51N3S/c1-75(2)63-26-14-12-25-58(63)73-64(75)27-16-29-69(73)78(56-38-32-49(33-39-56)48-18-6-3-7-19-48)70-30-17-31-72-74(70)62-47-53(37-43-71(62)79-72)52-36-42-68-61(46-52)60-45-51(35-41-67(60)77(68)55-22-10-5-11-23-55)50-34-40-66-59(44-50)57-24-13-15-28-65(57)76(66)54-20-8-4-9-21-54/h3-47H,1-2H3. The summed E-state index contributed by atoms with van der Waals surface area (Å²) in [6, 6.07) is 101. The average molecular weight is 1030 g/mol. The van der Waals surface area contributed by atoms with Crippen LogP contribution in [0.3, 0.4) is 0 Å². The molecule has 0 spiro atoms. The van der Waals surface area contributed by atoms with Gasteiger partial charge in [-0.1, -0.05) is 178 Å². The van der Waals surface area contributed by atoms with Crippen molar-refractivity contribution in [1.82, 2.24) is 9.13 Å². The lowest BCUT2D eigenvalue weighted by Crippen LogP contribution is -2.16. The Kier molecular flexibility index (Phi) is 10.2. The van der Waals surface area contributed by atoms with E-state index in [2.05, 4.69) is 301 Å². The van der Waals surface area contributed by atoms with Gasteiger partial charge in [-0.05, 0) is 159 Å². The first kappa shape index (κ1) is 45.5. The zero-order chi connectivity index (χ0) is 52.3. The summed E-state index contributed by atoms with van der Waals surface area (Å²) in [7, 11) is 0. The van der Waals surface area contributed by atoms with Crippen molar-refractivity contribution in [3.05, 3.63) is 284 Å². The maximum absolute atomic E-state index is 2.54. The van der Waals surface area contributed by atoms with Crippen molar-refractivity contribution in [3.63, 3.8) is 0 Å². The largest absolute Gasteiger partial charge is 0.309 e. The summed E-state index contributed by atoms with van der Waals surface area (Å²) < 4.78 is 7.35. The first-order chi connectivity index (χ1) is 38.9. The number of aromatic nitrogens is 2. The van der Waals surface area contributed by atoms with Crippen LogP contribution in [0.4, 0.5) is 17.1 Å². The summed E-state index contributed by atoms with van der Waals surface area (Å²) in [6.07, 6.45) is 0. The minimum atomic E-state index is -0.142. The van der Waals surface area contributed by atoms with E-state index >= 15 is 0 Å². The fourth-order valence-corrected chi connectivity index (χ4v) is 14.3. The molecule has 0 bridgehead atoms. The molecule has 0 unspecified atom stereocenters. The van der Waals surface area contributed by atoms with Crippen LogP contribution in [0.1, 0.15) is 25.0 Å². The van der Waals surface area contributed by atoms with Crippen molar-refractivity contribution in [2.45, 2.75) is 19.3 Å². The number of para-hydroxylation sites is 3. The van der Waals surface area contributed by atoms with Gasteiger partial charge in [-0.15, -0.1) is 11.3 Å². The Hall–Kier alpha value is -9.74. The molecule has 0 fully saturated rings. The smallest absolute Gasteiger partial charge is 0.0555 e. The Morgan fingerprint density at radius 2 is 0.797 bits per heavy atom. The van der Waals surface area contributed by atoms with E-state index < -0.39 is 0 Å². The number of fused-ring (bicyclic) bond motifs is 12. The minimum Gasteiger partial charge on any atom is -0.309 e. The fourth-order valence-electron chi connectivity index (χ4n) is 13.2. The molecule has 0 aliphatic heterocycles. The molecule has 12 aromatic carbocycles. The molecule has 0 saturated heterocycles. The van der Waals surface area contributed by atoms with Crippen LogP contribution < -0.4 is 4.90 Å². The quantitative estimate of drug-likeness (QED) is 0.148. The molecule has 1 aliphatic carbocycles. The van der Waals surface area contributed by atoms with E-state index in [9.17, 15) is 0 Å². The molecule has 3 aromatic heterocycles. The van der Waals surface area contributed by atoms with Gasteiger partial charge < -0.3 is 14.0 Å². The zero-order valence-corrected chi connectivity index (χ0v) is 44.5. The van der Waals surface area contributed by atoms with Gasteiger partial charge in [-0.2, -0.15) is 0 Å².